The van der Waals surface area contributed by atoms with Crippen LogP contribution in [0, 0.1) is 5.92 Å². The van der Waals surface area contributed by atoms with Gasteiger partial charge in [-0.05, 0) is 50.0 Å². The predicted molar refractivity (Wildman–Crippen MR) is 80.9 cm³/mol. The molecule has 0 saturated heterocycles. The molecule has 0 N–H and O–H groups in total. The minimum atomic E-state index is -0.136. The Morgan fingerprint density at radius 2 is 2.00 bits per heavy atom. The first-order chi connectivity index (χ1) is 7.09. The molecule has 0 nitrogen and oxygen atoms in total. The van der Waals surface area contributed by atoms with E-state index in [-0.39, 0.29) is 9.33 Å². The molecule has 0 aliphatic carbocycles. The van der Waals surface area contributed by atoms with Gasteiger partial charge in [-0.2, -0.15) is 9.33 Å². The first kappa shape index (κ1) is 13.9. The normalized spacial score (nSPS) is 23.1. The first-order valence-electron chi connectivity index (χ1n) is 5.62. The van der Waals surface area contributed by atoms with Crippen molar-refractivity contribution in [1.82, 2.24) is 0 Å². The van der Waals surface area contributed by atoms with E-state index < -0.39 is 0 Å². The lowest BCUT2D eigenvalue weighted by molar-refractivity contribution is 0.528. The number of hydrogen-bond donors (Lipinski definition) is 1. The molecule has 0 aromatic heterocycles. The molecule has 0 radical (unpaired) electrons. The summed E-state index contributed by atoms with van der Waals surface area (Å²) in [5, 5.41) is 2.28. The summed E-state index contributed by atoms with van der Waals surface area (Å²) in [5.74, 6) is 0.861. The van der Waals surface area contributed by atoms with E-state index in [2.05, 4.69) is 56.1 Å². The van der Waals surface area contributed by atoms with Crippen molar-refractivity contribution in [2.24, 2.45) is 5.92 Å². The van der Waals surface area contributed by atoms with Crippen LogP contribution in [0.1, 0.15) is 46.0 Å². The third kappa shape index (κ3) is 5.60. The topological polar surface area (TPSA) is 0 Å². The number of allylic oxidation sites excluding steroid dienone is 3. The Kier molecular flexibility index (Phi) is 6.63. The second-order valence-electron chi connectivity index (χ2n) is 4.45. The van der Waals surface area contributed by atoms with E-state index in [4.69, 9.17) is 0 Å². The third-order valence-corrected chi connectivity index (χ3v) is 6.73. The highest BCUT2D eigenvalue weighted by Crippen LogP contribution is 2.52. The van der Waals surface area contributed by atoms with E-state index in [9.17, 15) is 0 Å². The molecule has 3 heteroatoms. The van der Waals surface area contributed by atoms with E-state index in [1.165, 1.54) is 36.6 Å². The van der Waals surface area contributed by atoms with E-state index in [1.807, 2.05) is 0 Å². The molecule has 1 aliphatic rings. The lowest BCUT2D eigenvalue weighted by Crippen LogP contribution is -1.87. The molecular formula is C12H20Br2S. The predicted octanol–water partition coefficient (Wildman–Crippen LogP) is 6.04. The van der Waals surface area contributed by atoms with Gasteiger partial charge in [0.05, 0.1) is 0 Å². The van der Waals surface area contributed by atoms with Gasteiger partial charge in [0.1, 0.15) is 0 Å². The fourth-order valence-corrected chi connectivity index (χ4v) is 6.15. The molecule has 1 atom stereocenters. The van der Waals surface area contributed by atoms with Gasteiger partial charge in [0.25, 0.3) is 0 Å². The van der Waals surface area contributed by atoms with Gasteiger partial charge in [0.15, 0.2) is 0 Å². The number of thiol groups is 1. The number of halogens is 2. The van der Waals surface area contributed by atoms with Crippen LogP contribution in [-0.4, -0.2) is 0 Å². The van der Waals surface area contributed by atoms with Gasteiger partial charge in [-0.25, -0.2) is 0 Å². The van der Waals surface area contributed by atoms with Crippen molar-refractivity contribution < 1.29 is 0 Å². The maximum absolute atomic E-state index is 3.73. The molecule has 1 rings (SSSR count). The van der Waals surface area contributed by atoms with Crippen molar-refractivity contribution in [3.05, 3.63) is 20.9 Å². The van der Waals surface area contributed by atoms with Gasteiger partial charge >= 0.3 is 0 Å². The van der Waals surface area contributed by atoms with Crippen molar-refractivity contribution in [2.45, 2.75) is 46.0 Å². The monoisotopic (exact) mass is 354 g/mol. The zero-order valence-electron chi connectivity index (χ0n) is 9.47. The van der Waals surface area contributed by atoms with E-state index in [0.29, 0.717) is 0 Å². The maximum atomic E-state index is 3.73. The average molecular weight is 356 g/mol. The summed E-state index contributed by atoms with van der Waals surface area (Å²) in [6.07, 6.45) is 9.04. The van der Waals surface area contributed by atoms with Crippen molar-refractivity contribution >= 4 is 40.1 Å². The summed E-state index contributed by atoms with van der Waals surface area (Å²) in [5.41, 5.74) is 0. The molecule has 0 amide bonds. The minimum absolute atomic E-state index is 0.136. The van der Waals surface area contributed by atoms with Crippen LogP contribution in [0.15, 0.2) is 20.9 Å². The van der Waals surface area contributed by atoms with Crippen LogP contribution in [0.2, 0.25) is 0 Å². The van der Waals surface area contributed by atoms with Crippen LogP contribution >= 0.6 is 40.1 Å². The SMILES string of the molecule is CC(C)CCCCCC1=CC(Br)=C[SH]1Br. The Labute approximate surface area is 112 Å². The fraction of sp³-hybridized carbons (Fsp3) is 0.667. The second kappa shape index (κ2) is 7.18. The highest BCUT2D eigenvalue weighted by atomic mass is 79.9. The molecule has 0 aromatic carbocycles. The molecular weight excluding hydrogens is 336 g/mol. The Balaban J connectivity index is 2.09. The van der Waals surface area contributed by atoms with Gasteiger partial charge in [-0.3, -0.25) is 0 Å². The van der Waals surface area contributed by atoms with Crippen LogP contribution in [0.5, 0.6) is 0 Å². The van der Waals surface area contributed by atoms with Gasteiger partial charge in [0, 0.05) is 4.48 Å². The number of rotatable bonds is 6. The van der Waals surface area contributed by atoms with Crippen LogP contribution in [0.3, 0.4) is 0 Å². The van der Waals surface area contributed by atoms with Crippen molar-refractivity contribution in [2.75, 3.05) is 0 Å². The van der Waals surface area contributed by atoms with Crippen LogP contribution in [-0.2, 0) is 0 Å². The van der Waals surface area contributed by atoms with Crippen molar-refractivity contribution in [3.8, 4) is 0 Å². The largest absolute Gasteiger partial charge is 0.150 e. The Morgan fingerprint density at radius 1 is 1.27 bits per heavy atom. The Morgan fingerprint density at radius 3 is 2.53 bits per heavy atom. The van der Waals surface area contributed by atoms with Gasteiger partial charge in [0.2, 0.25) is 0 Å². The second-order valence-corrected chi connectivity index (χ2v) is 9.12. The molecule has 15 heavy (non-hydrogen) atoms. The number of hydrogen-bond acceptors (Lipinski definition) is 0. The molecule has 1 unspecified atom stereocenters. The van der Waals surface area contributed by atoms with Crippen LogP contribution in [0.25, 0.3) is 0 Å². The Hall–Kier alpha value is 0.790. The highest BCUT2D eigenvalue weighted by molar-refractivity contribution is 9.55. The smallest absolute Gasteiger partial charge is 0.0239 e. The molecule has 0 bridgehead atoms. The van der Waals surface area contributed by atoms with Crippen molar-refractivity contribution in [1.29, 1.82) is 0 Å². The molecule has 0 fully saturated rings. The molecule has 88 valence electrons. The standard InChI is InChI=1S/C12H20Br2S/c1-10(2)6-4-3-5-7-12-8-11(13)9-15(12)14/h8-10,15H,3-7H2,1-2H3. The first-order valence-corrected chi connectivity index (χ1v) is 9.84. The lowest BCUT2D eigenvalue weighted by atomic mass is 10.0. The summed E-state index contributed by atoms with van der Waals surface area (Å²) in [4.78, 5) is 1.58. The Bertz CT molecular complexity index is 256. The molecule has 0 saturated carbocycles. The van der Waals surface area contributed by atoms with Gasteiger partial charge in [-0.15, -0.1) is 0 Å². The molecule has 0 aromatic rings. The lowest BCUT2D eigenvalue weighted by Gasteiger charge is -2.09. The fourth-order valence-electron chi connectivity index (χ4n) is 1.66. The van der Waals surface area contributed by atoms with Crippen molar-refractivity contribution in [3.63, 3.8) is 0 Å². The van der Waals surface area contributed by atoms with Crippen LogP contribution < -0.4 is 0 Å². The summed E-state index contributed by atoms with van der Waals surface area (Å²) >= 11 is 7.26. The van der Waals surface area contributed by atoms with Crippen LogP contribution in [0.4, 0.5) is 0 Å². The third-order valence-electron chi connectivity index (χ3n) is 2.53. The molecule has 1 heterocycles. The molecule has 0 spiro atoms. The van der Waals surface area contributed by atoms with Gasteiger partial charge in [-0.1, -0.05) is 49.0 Å². The zero-order chi connectivity index (χ0) is 11.3. The summed E-state index contributed by atoms with van der Waals surface area (Å²) in [6, 6.07) is 0. The van der Waals surface area contributed by atoms with E-state index in [0.717, 1.165) is 5.92 Å². The minimum Gasteiger partial charge on any atom is -0.150 e. The highest BCUT2D eigenvalue weighted by Gasteiger charge is 2.11. The quantitative estimate of drug-likeness (QED) is 0.436. The molecule has 1 aliphatic heterocycles. The van der Waals surface area contributed by atoms with Gasteiger partial charge < -0.3 is 0 Å². The zero-order valence-corrected chi connectivity index (χ0v) is 13.5. The summed E-state index contributed by atoms with van der Waals surface area (Å²) < 4.78 is 1.25. The summed E-state index contributed by atoms with van der Waals surface area (Å²) in [6.45, 7) is 4.61. The van der Waals surface area contributed by atoms with E-state index >= 15 is 0 Å². The summed E-state index contributed by atoms with van der Waals surface area (Å²) in [7, 11) is -0.136. The number of unbranched alkanes of at least 4 members (excludes halogenated alkanes) is 2. The average Bonchev–Trinajstić information content (AvgIpc) is 2.44. The maximum Gasteiger partial charge on any atom is 0.0239 e. The van der Waals surface area contributed by atoms with E-state index in [1.54, 1.807) is 4.91 Å².